The van der Waals surface area contributed by atoms with Crippen LogP contribution in [0.25, 0.3) is 0 Å². The molecule has 21 heavy (non-hydrogen) atoms. The molecule has 0 aliphatic rings. The van der Waals surface area contributed by atoms with Crippen molar-refractivity contribution in [1.82, 2.24) is 0 Å². The first-order valence-electron chi connectivity index (χ1n) is 6.83. The zero-order valence-corrected chi connectivity index (χ0v) is 12.2. The van der Waals surface area contributed by atoms with Crippen LogP contribution >= 0.6 is 0 Å². The van der Waals surface area contributed by atoms with Crippen molar-refractivity contribution in [3.05, 3.63) is 54.1 Å². The Morgan fingerprint density at radius 2 is 1.81 bits per heavy atom. The molecule has 1 atom stereocenters. The molecule has 0 unspecified atom stereocenters. The predicted octanol–water partition coefficient (Wildman–Crippen LogP) is 3.01. The Morgan fingerprint density at radius 1 is 1.10 bits per heavy atom. The molecule has 0 fully saturated rings. The maximum absolute atomic E-state index is 10.1. The highest BCUT2D eigenvalue weighted by Gasteiger charge is 2.10. The van der Waals surface area contributed by atoms with E-state index in [0.717, 1.165) is 5.56 Å². The second-order valence-corrected chi connectivity index (χ2v) is 4.42. The fraction of sp³-hybridized carbons (Fsp3) is 0.294. The minimum atomic E-state index is -0.732. The van der Waals surface area contributed by atoms with Gasteiger partial charge in [0.25, 0.3) is 0 Å². The van der Waals surface area contributed by atoms with E-state index >= 15 is 0 Å². The molecule has 1 radical (unpaired) electrons. The van der Waals surface area contributed by atoms with Crippen LogP contribution in [0.15, 0.2) is 42.5 Å². The average molecular weight is 287 g/mol. The van der Waals surface area contributed by atoms with Gasteiger partial charge in [-0.3, -0.25) is 0 Å². The van der Waals surface area contributed by atoms with Crippen LogP contribution in [-0.2, 0) is 0 Å². The molecule has 0 amide bonds. The Labute approximate surface area is 124 Å². The minimum Gasteiger partial charge on any atom is -0.497 e. The largest absolute Gasteiger partial charge is 0.497 e. The topological polar surface area (TPSA) is 47.9 Å². The first-order valence-corrected chi connectivity index (χ1v) is 6.83. The predicted molar refractivity (Wildman–Crippen MR) is 79.9 cm³/mol. The molecule has 0 saturated carbocycles. The summed E-state index contributed by atoms with van der Waals surface area (Å²) in [6.45, 7) is 2.62. The van der Waals surface area contributed by atoms with Crippen LogP contribution in [-0.4, -0.2) is 25.4 Å². The lowest BCUT2D eigenvalue weighted by Gasteiger charge is -2.14. The summed E-state index contributed by atoms with van der Waals surface area (Å²) in [6.07, 6.45) is -0.732. The number of methoxy groups -OCH3 is 1. The summed E-state index contributed by atoms with van der Waals surface area (Å²) in [4.78, 5) is 0. The van der Waals surface area contributed by atoms with Crippen LogP contribution in [0.3, 0.4) is 0 Å². The van der Waals surface area contributed by atoms with Gasteiger partial charge in [0.1, 0.15) is 30.0 Å². The van der Waals surface area contributed by atoms with Gasteiger partial charge < -0.3 is 19.3 Å². The Balaban J connectivity index is 1.96. The third kappa shape index (κ3) is 4.39. The fourth-order valence-corrected chi connectivity index (χ4v) is 1.87. The smallest absolute Gasteiger partial charge is 0.131 e. The van der Waals surface area contributed by atoms with Gasteiger partial charge in [0.15, 0.2) is 0 Å². The lowest BCUT2D eigenvalue weighted by molar-refractivity contribution is 0.107. The van der Waals surface area contributed by atoms with Gasteiger partial charge in [-0.05, 0) is 36.8 Å². The van der Waals surface area contributed by atoms with Crippen molar-refractivity contribution in [2.24, 2.45) is 0 Å². The second-order valence-electron chi connectivity index (χ2n) is 4.42. The van der Waals surface area contributed by atoms with Crippen LogP contribution in [0.5, 0.6) is 17.2 Å². The third-order valence-corrected chi connectivity index (χ3v) is 2.92. The molecule has 4 nitrogen and oxygen atoms in total. The lowest BCUT2D eigenvalue weighted by atomic mass is 10.1. The van der Waals surface area contributed by atoms with E-state index in [-0.39, 0.29) is 6.61 Å². The van der Waals surface area contributed by atoms with Crippen LogP contribution in [0, 0.1) is 6.07 Å². The van der Waals surface area contributed by atoms with Crippen molar-refractivity contribution in [1.29, 1.82) is 0 Å². The summed E-state index contributed by atoms with van der Waals surface area (Å²) in [7, 11) is 1.59. The molecular weight excluding hydrogens is 268 g/mol. The molecule has 2 rings (SSSR count). The molecule has 111 valence electrons. The molecular formula is C17H19O4. The van der Waals surface area contributed by atoms with Crippen molar-refractivity contribution in [3.63, 3.8) is 0 Å². The Morgan fingerprint density at radius 3 is 2.52 bits per heavy atom. The van der Waals surface area contributed by atoms with Crippen molar-refractivity contribution in [2.75, 3.05) is 20.3 Å². The van der Waals surface area contributed by atoms with E-state index in [4.69, 9.17) is 14.2 Å². The summed E-state index contributed by atoms with van der Waals surface area (Å²) in [6, 6.07) is 15.7. The summed E-state index contributed by atoms with van der Waals surface area (Å²) >= 11 is 0. The molecule has 0 spiro atoms. The van der Waals surface area contributed by atoms with Gasteiger partial charge in [0, 0.05) is 0 Å². The van der Waals surface area contributed by atoms with Gasteiger partial charge in [-0.15, -0.1) is 0 Å². The number of rotatable bonds is 7. The maximum Gasteiger partial charge on any atom is 0.131 e. The van der Waals surface area contributed by atoms with E-state index in [0.29, 0.717) is 23.9 Å². The van der Waals surface area contributed by atoms with Crippen molar-refractivity contribution in [2.45, 2.75) is 13.0 Å². The van der Waals surface area contributed by atoms with Gasteiger partial charge in [-0.2, -0.15) is 0 Å². The molecule has 2 aromatic carbocycles. The number of hydrogen-bond acceptors (Lipinski definition) is 4. The zero-order valence-electron chi connectivity index (χ0n) is 12.2. The van der Waals surface area contributed by atoms with Gasteiger partial charge in [-0.1, -0.05) is 18.2 Å². The Bertz CT molecular complexity index is 568. The van der Waals surface area contributed by atoms with Gasteiger partial charge >= 0.3 is 0 Å². The van der Waals surface area contributed by atoms with Crippen molar-refractivity contribution in [3.8, 4) is 17.2 Å². The molecule has 4 heteroatoms. The first kappa shape index (κ1) is 15.2. The molecule has 0 aliphatic carbocycles. The minimum absolute atomic E-state index is 0.138. The van der Waals surface area contributed by atoms with Crippen LogP contribution in [0.2, 0.25) is 0 Å². The molecule has 0 bridgehead atoms. The van der Waals surface area contributed by atoms with E-state index in [1.807, 2.05) is 37.3 Å². The maximum atomic E-state index is 10.1. The standard InChI is InChI=1S/C17H19O4/c1-3-20-15-8-5-9-16(11-15)21-12-17(18)13-6-4-7-14(10-13)19-2/h4-10,17-18H,3,12H2,1-2H3/t17-/m0/s1. The molecule has 0 aromatic heterocycles. The number of ether oxygens (including phenoxy) is 3. The average Bonchev–Trinajstić information content (AvgIpc) is 2.53. The highest BCUT2D eigenvalue weighted by molar-refractivity contribution is 5.32. The molecule has 0 aliphatic heterocycles. The summed E-state index contributed by atoms with van der Waals surface area (Å²) < 4.78 is 16.0. The van der Waals surface area contributed by atoms with E-state index in [1.54, 1.807) is 19.2 Å². The Hall–Kier alpha value is -2.20. The van der Waals surface area contributed by atoms with E-state index in [9.17, 15) is 5.11 Å². The monoisotopic (exact) mass is 287 g/mol. The summed E-state index contributed by atoms with van der Waals surface area (Å²) in [5.74, 6) is 1.88. The highest BCUT2D eigenvalue weighted by atomic mass is 16.5. The Kier molecular flexibility index (Phi) is 5.46. The number of aliphatic hydroxyl groups excluding tert-OH is 1. The third-order valence-electron chi connectivity index (χ3n) is 2.92. The zero-order chi connectivity index (χ0) is 15.1. The number of hydrogen-bond donors (Lipinski definition) is 1. The van der Waals surface area contributed by atoms with E-state index in [2.05, 4.69) is 6.07 Å². The summed E-state index contributed by atoms with van der Waals surface area (Å²) in [5, 5.41) is 10.1. The molecule has 0 saturated heterocycles. The molecule has 0 heterocycles. The highest BCUT2D eigenvalue weighted by Crippen LogP contribution is 2.22. The molecule has 1 N–H and O–H groups in total. The van der Waals surface area contributed by atoms with Gasteiger partial charge in [0.05, 0.1) is 19.8 Å². The van der Waals surface area contributed by atoms with Gasteiger partial charge in [0.2, 0.25) is 0 Å². The van der Waals surface area contributed by atoms with Crippen LogP contribution < -0.4 is 14.2 Å². The van der Waals surface area contributed by atoms with E-state index < -0.39 is 6.10 Å². The van der Waals surface area contributed by atoms with Crippen LogP contribution in [0.4, 0.5) is 0 Å². The SMILES string of the molecule is CCOc1[c]c(OC[C@H](O)c2cccc(OC)c2)ccc1. The van der Waals surface area contributed by atoms with Crippen molar-refractivity contribution >= 4 is 0 Å². The molecule has 2 aromatic rings. The first-order chi connectivity index (χ1) is 10.2. The number of benzene rings is 2. The quantitative estimate of drug-likeness (QED) is 0.850. The fourth-order valence-electron chi connectivity index (χ4n) is 1.87. The van der Waals surface area contributed by atoms with E-state index in [1.165, 1.54) is 0 Å². The second kappa shape index (κ2) is 7.55. The van der Waals surface area contributed by atoms with Crippen molar-refractivity contribution < 1.29 is 19.3 Å². The summed E-state index contributed by atoms with van der Waals surface area (Å²) in [5.41, 5.74) is 0.746. The van der Waals surface area contributed by atoms with Crippen LogP contribution in [0.1, 0.15) is 18.6 Å². The number of aliphatic hydroxyl groups is 1. The lowest BCUT2D eigenvalue weighted by Crippen LogP contribution is -2.10. The van der Waals surface area contributed by atoms with Gasteiger partial charge in [-0.25, -0.2) is 0 Å². The normalized spacial score (nSPS) is 11.8.